The van der Waals surface area contributed by atoms with Crippen molar-refractivity contribution in [3.05, 3.63) is 34.1 Å². The van der Waals surface area contributed by atoms with E-state index in [9.17, 15) is 9.18 Å². The van der Waals surface area contributed by atoms with E-state index in [2.05, 4.69) is 20.7 Å². The van der Waals surface area contributed by atoms with Crippen molar-refractivity contribution in [3.8, 4) is 0 Å². The molecule has 0 spiro atoms. The van der Waals surface area contributed by atoms with Crippen molar-refractivity contribution in [3.63, 3.8) is 0 Å². The second-order valence-electron chi connectivity index (χ2n) is 2.67. The lowest BCUT2D eigenvalue weighted by atomic mass is 10.1. The highest BCUT2D eigenvalue weighted by atomic mass is 79.9. The van der Waals surface area contributed by atoms with E-state index < -0.39 is 17.8 Å². The number of methoxy groups -OCH3 is 1. The van der Waals surface area contributed by atoms with Gasteiger partial charge in [0.25, 0.3) is 0 Å². The van der Waals surface area contributed by atoms with Crippen molar-refractivity contribution < 1.29 is 13.9 Å². The fourth-order valence-corrected chi connectivity index (χ4v) is 1.34. The predicted molar refractivity (Wildman–Crippen MR) is 60.3 cm³/mol. The average Bonchev–Trinajstić information content (AvgIpc) is 2.15. The van der Waals surface area contributed by atoms with Gasteiger partial charge >= 0.3 is 5.97 Å². The predicted octanol–water partition coefficient (Wildman–Crippen LogP) is 2.18. The molecular formula is C9H10BrClFNO2. The second kappa shape index (κ2) is 6.05. The molecule has 15 heavy (non-hydrogen) atoms. The normalized spacial score (nSPS) is 11.5. The molecule has 2 N–H and O–H groups in total. The number of esters is 1. The van der Waals surface area contributed by atoms with Gasteiger partial charge in [-0.05, 0) is 12.1 Å². The van der Waals surface area contributed by atoms with Gasteiger partial charge in [-0.25, -0.2) is 4.39 Å². The van der Waals surface area contributed by atoms with Crippen molar-refractivity contribution in [1.82, 2.24) is 0 Å². The molecule has 0 saturated heterocycles. The molecule has 1 aromatic carbocycles. The van der Waals surface area contributed by atoms with Crippen LogP contribution < -0.4 is 5.73 Å². The van der Waals surface area contributed by atoms with Gasteiger partial charge in [0.05, 0.1) is 7.11 Å². The Labute approximate surface area is 101 Å². The van der Waals surface area contributed by atoms with Gasteiger partial charge in [-0.1, -0.05) is 22.0 Å². The average molecular weight is 299 g/mol. The molecule has 1 rings (SSSR count). The SMILES string of the molecule is COC(=O)[C@@H](N)c1ccc(Br)cc1F.Cl. The van der Waals surface area contributed by atoms with Crippen LogP contribution in [-0.4, -0.2) is 13.1 Å². The summed E-state index contributed by atoms with van der Waals surface area (Å²) < 4.78 is 18.3. The fraction of sp³-hybridized carbons (Fsp3) is 0.222. The van der Waals surface area contributed by atoms with Gasteiger partial charge in [0, 0.05) is 10.0 Å². The summed E-state index contributed by atoms with van der Waals surface area (Å²) in [6.45, 7) is 0. The highest BCUT2D eigenvalue weighted by molar-refractivity contribution is 9.10. The monoisotopic (exact) mass is 297 g/mol. The topological polar surface area (TPSA) is 52.3 Å². The summed E-state index contributed by atoms with van der Waals surface area (Å²) in [6.07, 6.45) is 0. The molecule has 0 aromatic heterocycles. The van der Waals surface area contributed by atoms with Crippen LogP contribution in [0.4, 0.5) is 4.39 Å². The minimum absolute atomic E-state index is 0. The Bertz CT molecular complexity index is 362. The van der Waals surface area contributed by atoms with Crippen molar-refractivity contribution in [2.45, 2.75) is 6.04 Å². The molecule has 1 aromatic rings. The highest BCUT2D eigenvalue weighted by Crippen LogP contribution is 2.20. The van der Waals surface area contributed by atoms with Gasteiger partial charge in [-0.3, -0.25) is 4.79 Å². The summed E-state index contributed by atoms with van der Waals surface area (Å²) in [4.78, 5) is 11.0. The largest absolute Gasteiger partial charge is 0.468 e. The van der Waals surface area contributed by atoms with E-state index >= 15 is 0 Å². The number of carbonyl (C=O) groups is 1. The van der Waals surface area contributed by atoms with Gasteiger partial charge < -0.3 is 10.5 Å². The first-order valence-electron chi connectivity index (χ1n) is 3.84. The first-order valence-corrected chi connectivity index (χ1v) is 4.64. The number of ether oxygens (including phenoxy) is 1. The molecule has 0 unspecified atom stereocenters. The lowest BCUT2D eigenvalue weighted by molar-refractivity contribution is -0.142. The molecule has 0 saturated carbocycles. The van der Waals surface area contributed by atoms with Crippen LogP contribution in [0, 0.1) is 5.82 Å². The number of carbonyl (C=O) groups excluding carboxylic acids is 1. The van der Waals surface area contributed by atoms with E-state index in [1.165, 1.54) is 19.2 Å². The summed E-state index contributed by atoms with van der Waals surface area (Å²) in [7, 11) is 1.21. The number of rotatable bonds is 2. The standard InChI is InChI=1S/C9H9BrFNO2.ClH/c1-14-9(13)8(12)6-3-2-5(10)4-7(6)11;/h2-4,8H,12H2,1H3;1H/t8-;/m0./s1. The molecule has 6 heteroatoms. The van der Waals surface area contributed by atoms with E-state index in [4.69, 9.17) is 5.73 Å². The van der Waals surface area contributed by atoms with E-state index in [0.29, 0.717) is 4.47 Å². The quantitative estimate of drug-likeness (QED) is 0.852. The lowest BCUT2D eigenvalue weighted by Gasteiger charge is -2.10. The summed E-state index contributed by atoms with van der Waals surface area (Å²) in [5.74, 6) is -1.19. The second-order valence-corrected chi connectivity index (χ2v) is 3.58. The van der Waals surface area contributed by atoms with Crippen molar-refractivity contribution in [2.24, 2.45) is 5.73 Å². The Morgan fingerprint density at radius 3 is 2.67 bits per heavy atom. The Morgan fingerprint density at radius 2 is 2.20 bits per heavy atom. The van der Waals surface area contributed by atoms with Crippen LogP contribution in [0.3, 0.4) is 0 Å². The molecule has 0 aliphatic carbocycles. The molecular weight excluding hydrogens is 288 g/mol. The van der Waals surface area contributed by atoms with Gasteiger partial charge in [0.1, 0.15) is 11.9 Å². The molecule has 0 fully saturated rings. The Kier molecular flexibility index (Phi) is 5.79. The molecule has 0 amide bonds. The minimum atomic E-state index is -1.08. The molecule has 84 valence electrons. The van der Waals surface area contributed by atoms with E-state index in [1.54, 1.807) is 6.07 Å². The third-order valence-electron chi connectivity index (χ3n) is 1.75. The molecule has 1 atom stereocenters. The van der Waals surface area contributed by atoms with Crippen molar-refractivity contribution >= 4 is 34.3 Å². The smallest absolute Gasteiger partial charge is 0.327 e. The maximum absolute atomic E-state index is 13.3. The Morgan fingerprint density at radius 1 is 1.60 bits per heavy atom. The van der Waals surface area contributed by atoms with Crippen LogP contribution >= 0.6 is 28.3 Å². The number of hydrogen-bond donors (Lipinski definition) is 1. The third-order valence-corrected chi connectivity index (χ3v) is 2.25. The molecule has 0 aliphatic heterocycles. The maximum atomic E-state index is 13.3. The zero-order valence-electron chi connectivity index (χ0n) is 7.87. The van der Waals surface area contributed by atoms with Gasteiger partial charge in [-0.2, -0.15) is 0 Å². The molecule has 0 heterocycles. The van der Waals surface area contributed by atoms with Crippen molar-refractivity contribution in [1.29, 1.82) is 0 Å². The number of hydrogen-bond acceptors (Lipinski definition) is 3. The van der Waals surface area contributed by atoms with Crippen LogP contribution in [0.5, 0.6) is 0 Å². The highest BCUT2D eigenvalue weighted by Gasteiger charge is 2.19. The summed E-state index contributed by atoms with van der Waals surface area (Å²) in [6, 6.07) is 3.23. The zero-order valence-corrected chi connectivity index (χ0v) is 10.3. The van der Waals surface area contributed by atoms with Gasteiger partial charge in [0.2, 0.25) is 0 Å². The molecule has 0 radical (unpaired) electrons. The van der Waals surface area contributed by atoms with E-state index in [0.717, 1.165) is 0 Å². The van der Waals surface area contributed by atoms with Gasteiger partial charge in [0.15, 0.2) is 0 Å². The maximum Gasteiger partial charge on any atom is 0.327 e. The van der Waals surface area contributed by atoms with Crippen LogP contribution in [0.1, 0.15) is 11.6 Å². The van der Waals surface area contributed by atoms with E-state index in [1.807, 2.05) is 0 Å². The van der Waals surface area contributed by atoms with Crippen LogP contribution in [0.25, 0.3) is 0 Å². The van der Waals surface area contributed by atoms with Crippen LogP contribution in [0.15, 0.2) is 22.7 Å². The number of nitrogens with two attached hydrogens (primary N) is 1. The molecule has 0 bridgehead atoms. The summed E-state index contributed by atoms with van der Waals surface area (Å²) >= 11 is 3.10. The Balaban J connectivity index is 0.00000196. The molecule has 3 nitrogen and oxygen atoms in total. The first-order chi connectivity index (χ1) is 6.56. The third kappa shape index (κ3) is 3.44. The number of halogens is 3. The Hall–Kier alpha value is -0.650. The van der Waals surface area contributed by atoms with E-state index in [-0.39, 0.29) is 18.0 Å². The summed E-state index contributed by atoms with van der Waals surface area (Å²) in [5.41, 5.74) is 5.60. The summed E-state index contributed by atoms with van der Waals surface area (Å²) in [5, 5.41) is 0. The van der Waals surface area contributed by atoms with Gasteiger partial charge in [-0.15, -0.1) is 12.4 Å². The van der Waals surface area contributed by atoms with Crippen LogP contribution in [0.2, 0.25) is 0 Å². The van der Waals surface area contributed by atoms with Crippen LogP contribution in [-0.2, 0) is 9.53 Å². The zero-order chi connectivity index (χ0) is 10.7. The number of benzene rings is 1. The minimum Gasteiger partial charge on any atom is -0.468 e. The van der Waals surface area contributed by atoms with Crippen molar-refractivity contribution in [2.75, 3.05) is 7.11 Å². The lowest BCUT2D eigenvalue weighted by Crippen LogP contribution is -2.23. The molecule has 0 aliphatic rings. The fourth-order valence-electron chi connectivity index (χ4n) is 1.01. The first kappa shape index (κ1) is 14.3.